The van der Waals surface area contributed by atoms with Gasteiger partial charge in [0.1, 0.15) is 11.5 Å². The molecule has 0 unspecified atom stereocenters. The second kappa shape index (κ2) is 6.71. The molecule has 5 heteroatoms. The van der Waals surface area contributed by atoms with E-state index in [0.717, 1.165) is 11.1 Å². The van der Waals surface area contributed by atoms with Gasteiger partial charge in [0.05, 0.1) is 14.2 Å². The van der Waals surface area contributed by atoms with Crippen LogP contribution in [0, 0.1) is 13.8 Å². The Morgan fingerprint density at radius 3 is 2.14 bits per heavy atom. The zero-order valence-corrected chi connectivity index (χ0v) is 13.7. The number of nitrogens with one attached hydrogen (secondary N) is 1. The highest BCUT2D eigenvalue weighted by molar-refractivity contribution is 6.30. The molecule has 4 nitrogen and oxygen atoms in total. The van der Waals surface area contributed by atoms with Gasteiger partial charge in [0, 0.05) is 21.8 Å². The van der Waals surface area contributed by atoms with Crippen LogP contribution >= 0.6 is 11.6 Å². The molecule has 2 aromatic carbocycles. The van der Waals surface area contributed by atoms with Crippen molar-refractivity contribution in [2.75, 3.05) is 19.5 Å². The molecule has 0 aliphatic rings. The van der Waals surface area contributed by atoms with Crippen molar-refractivity contribution in [2.24, 2.45) is 0 Å². The number of hydrogen-bond donors (Lipinski definition) is 1. The first kappa shape index (κ1) is 16.2. The van der Waals surface area contributed by atoms with Crippen LogP contribution in [0.3, 0.4) is 0 Å². The van der Waals surface area contributed by atoms with Crippen molar-refractivity contribution in [3.8, 4) is 11.5 Å². The van der Waals surface area contributed by atoms with Crippen molar-refractivity contribution in [3.05, 3.63) is 52.0 Å². The number of ether oxygens (including phenoxy) is 2. The molecule has 0 heterocycles. The third-order valence-electron chi connectivity index (χ3n) is 3.45. The first-order valence-corrected chi connectivity index (χ1v) is 7.14. The minimum Gasteiger partial charge on any atom is -0.496 e. The second-order valence-corrected chi connectivity index (χ2v) is 5.36. The minimum atomic E-state index is -0.234. The molecule has 0 bridgehead atoms. The highest BCUT2D eigenvalue weighted by Crippen LogP contribution is 2.30. The second-order valence-electron chi connectivity index (χ2n) is 4.92. The summed E-state index contributed by atoms with van der Waals surface area (Å²) in [5, 5.41) is 3.50. The summed E-state index contributed by atoms with van der Waals surface area (Å²) in [7, 11) is 3.12. The number of carbonyl (C=O) groups excluding carboxylic acids is 1. The summed E-state index contributed by atoms with van der Waals surface area (Å²) in [6, 6.07) is 8.70. The molecule has 0 saturated heterocycles. The average molecular weight is 320 g/mol. The van der Waals surface area contributed by atoms with Crippen LogP contribution in [0.15, 0.2) is 30.3 Å². The van der Waals surface area contributed by atoms with Crippen LogP contribution in [-0.4, -0.2) is 20.1 Å². The van der Waals surface area contributed by atoms with Crippen LogP contribution in [0.4, 0.5) is 5.69 Å². The number of amides is 1. The molecule has 1 amide bonds. The molecule has 0 spiro atoms. The Labute approximate surface area is 135 Å². The molecule has 0 saturated carbocycles. The normalized spacial score (nSPS) is 10.2. The van der Waals surface area contributed by atoms with Gasteiger partial charge in [-0.1, -0.05) is 11.6 Å². The number of methoxy groups -OCH3 is 2. The Morgan fingerprint density at radius 1 is 1.05 bits per heavy atom. The standard InChI is InChI=1S/C17H18ClNO3/c1-10-7-13(18)5-6-14(10)19-17(20)12-8-15(21-3)11(2)16(9-12)22-4/h5-9H,1-4H3,(H,19,20). The van der Waals surface area contributed by atoms with E-state index in [1.807, 2.05) is 13.8 Å². The topological polar surface area (TPSA) is 47.6 Å². The smallest absolute Gasteiger partial charge is 0.255 e. The van der Waals surface area contributed by atoms with Gasteiger partial charge in [-0.2, -0.15) is 0 Å². The molecule has 2 rings (SSSR count). The van der Waals surface area contributed by atoms with Crippen molar-refractivity contribution in [1.29, 1.82) is 0 Å². The van der Waals surface area contributed by atoms with Gasteiger partial charge >= 0.3 is 0 Å². The number of aryl methyl sites for hydroxylation is 1. The third-order valence-corrected chi connectivity index (χ3v) is 3.69. The van der Waals surface area contributed by atoms with Gasteiger partial charge < -0.3 is 14.8 Å². The lowest BCUT2D eigenvalue weighted by Gasteiger charge is -2.13. The van der Waals surface area contributed by atoms with Crippen molar-refractivity contribution in [3.63, 3.8) is 0 Å². The SMILES string of the molecule is COc1cc(C(=O)Nc2ccc(Cl)cc2C)cc(OC)c1C. The van der Waals surface area contributed by atoms with Crippen molar-refractivity contribution in [2.45, 2.75) is 13.8 Å². The largest absolute Gasteiger partial charge is 0.496 e. The number of benzene rings is 2. The average Bonchev–Trinajstić information content (AvgIpc) is 2.50. The van der Waals surface area contributed by atoms with Gasteiger partial charge in [0.25, 0.3) is 5.91 Å². The van der Waals surface area contributed by atoms with Crippen LogP contribution in [0.1, 0.15) is 21.5 Å². The van der Waals surface area contributed by atoms with E-state index < -0.39 is 0 Å². The predicted molar refractivity (Wildman–Crippen MR) is 88.4 cm³/mol. The number of hydrogen-bond acceptors (Lipinski definition) is 3. The maximum Gasteiger partial charge on any atom is 0.255 e. The molecular formula is C17H18ClNO3. The Morgan fingerprint density at radius 2 is 1.64 bits per heavy atom. The highest BCUT2D eigenvalue weighted by atomic mass is 35.5. The summed E-state index contributed by atoms with van der Waals surface area (Å²) in [6.07, 6.45) is 0. The van der Waals surface area contributed by atoms with E-state index in [0.29, 0.717) is 27.8 Å². The van der Waals surface area contributed by atoms with Gasteiger partial charge in [-0.3, -0.25) is 4.79 Å². The van der Waals surface area contributed by atoms with Crippen molar-refractivity contribution in [1.82, 2.24) is 0 Å². The summed E-state index contributed by atoms with van der Waals surface area (Å²) in [4.78, 5) is 12.4. The summed E-state index contributed by atoms with van der Waals surface area (Å²) >= 11 is 5.92. The lowest BCUT2D eigenvalue weighted by Crippen LogP contribution is -2.13. The fourth-order valence-corrected chi connectivity index (χ4v) is 2.41. The van der Waals surface area contributed by atoms with E-state index in [1.165, 1.54) is 0 Å². The summed E-state index contributed by atoms with van der Waals surface area (Å²) in [6.45, 7) is 3.76. The first-order chi connectivity index (χ1) is 10.5. The van der Waals surface area contributed by atoms with E-state index in [4.69, 9.17) is 21.1 Å². The lowest BCUT2D eigenvalue weighted by atomic mass is 10.1. The van der Waals surface area contributed by atoms with E-state index in [-0.39, 0.29) is 5.91 Å². The third kappa shape index (κ3) is 3.34. The fourth-order valence-electron chi connectivity index (χ4n) is 2.18. The minimum absolute atomic E-state index is 0.234. The monoisotopic (exact) mass is 319 g/mol. The molecule has 1 N–H and O–H groups in total. The zero-order chi connectivity index (χ0) is 16.3. The van der Waals surface area contributed by atoms with Gasteiger partial charge in [-0.05, 0) is 49.7 Å². The van der Waals surface area contributed by atoms with Crippen LogP contribution < -0.4 is 14.8 Å². The molecule has 0 atom stereocenters. The van der Waals surface area contributed by atoms with Crippen LogP contribution in [0.25, 0.3) is 0 Å². The summed E-state index contributed by atoms with van der Waals surface area (Å²) < 4.78 is 10.6. The van der Waals surface area contributed by atoms with E-state index in [1.54, 1.807) is 44.6 Å². The first-order valence-electron chi connectivity index (χ1n) is 6.76. The van der Waals surface area contributed by atoms with E-state index in [9.17, 15) is 4.79 Å². The number of carbonyl (C=O) groups is 1. The van der Waals surface area contributed by atoms with Crippen LogP contribution in [0.5, 0.6) is 11.5 Å². The molecule has 116 valence electrons. The predicted octanol–water partition coefficient (Wildman–Crippen LogP) is 4.23. The van der Waals surface area contributed by atoms with Crippen LogP contribution in [0.2, 0.25) is 5.02 Å². The van der Waals surface area contributed by atoms with Crippen molar-refractivity contribution < 1.29 is 14.3 Å². The Hall–Kier alpha value is -2.20. The molecule has 2 aromatic rings. The molecule has 0 aliphatic carbocycles. The van der Waals surface area contributed by atoms with Gasteiger partial charge in [0.2, 0.25) is 0 Å². The Kier molecular flexibility index (Phi) is 4.93. The molecular weight excluding hydrogens is 302 g/mol. The maximum atomic E-state index is 12.4. The Bertz CT molecular complexity index is 688. The molecule has 0 radical (unpaired) electrons. The van der Waals surface area contributed by atoms with Gasteiger partial charge in [0.15, 0.2) is 0 Å². The molecule has 0 aromatic heterocycles. The quantitative estimate of drug-likeness (QED) is 0.917. The van der Waals surface area contributed by atoms with Gasteiger partial charge in [-0.25, -0.2) is 0 Å². The molecule has 0 fully saturated rings. The molecule has 0 aliphatic heterocycles. The van der Waals surface area contributed by atoms with Gasteiger partial charge in [-0.15, -0.1) is 0 Å². The summed E-state index contributed by atoms with van der Waals surface area (Å²) in [5.41, 5.74) is 2.93. The maximum absolute atomic E-state index is 12.4. The number of anilines is 1. The van der Waals surface area contributed by atoms with E-state index in [2.05, 4.69) is 5.32 Å². The summed E-state index contributed by atoms with van der Waals surface area (Å²) in [5.74, 6) is 0.983. The number of halogens is 1. The number of rotatable bonds is 4. The van der Waals surface area contributed by atoms with Crippen molar-refractivity contribution >= 4 is 23.2 Å². The lowest BCUT2D eigenvalue weighted by molar-refractivity contribution is 0.102. The fraction of sp³-hybridized carbons (Fsp3) is 0.235. The molecule has 22 heavy (non-hydrogen) atoms. The van der Waals surface area contributed by atoms with Crippen LogP contribution in [-0.2, 0) is 0 Å². The Balaban J connectivity index is 2.33. The van der Waals surface area contributed by atoms with E-state index >= 15 is 0 Å². The zero-order valence-electron chi connectivity index (χ0n) is 13.0. The highest BCUT2D eigenvalue weighted by Gasteiger charge is 2.14.